The normalized spacial score (nSPS) is 24.4. The molecule has 0 radical (unpaired) electrons. The molecule has 1 saturated carbocycles. The minimum atomic E-state index is -4.93. The molecule has 6 nitrogen and oxygen atoms in total. The van der Waals surface area contributed by atoms with Crippen molar-refractivity contribution >= 4 is 22.0 Å². The Morgan fingerprint density at radius 2 is 1.77 bits per heavy atom. The third-order valence-corrected chi connectivity index (χ3v) is 5.24. The van der Waals surface area contributed by atoms with E-state index in [0.29, 0.717) is 0 Å². The number of nitrogens with one attached hydrogen (secondary N) is 2. The van der Waals surface area contributed by atoms with Gasteiger partial charge in [0.1, 0.15) is 21.1 Å². The van der Waals surface area contributed by atoms with Crippen molar-refractivity contribution in [3.63, 3.8) is 0 Å². The highest BCUT2D eigenvalue weighted by Crippen LogP contribution is 2.30. The smallest absolute Gasteiger partial charge is 0.431 e. The molecule has 1 aliphatic rings. The average molecular weight is 342 g/mol. The molecular weight excluding hydrogens is 325 g/mol. The third-order valence-electron chi connectivity index (χ3n) is 3.56. The van der Waals surface area contributed by atoms with E-state index in [0.717, 1.165) is 6.26 Å². The van der Waals surface area contributed by atoms with Crippen LogP contribution in [0.15, 0.2) is 11.3 Å². The lowest BCUT2D eigenvalue weighted by molar-refractivity contribution is -0.133. The zero-order valence-corrected chi connectivity index (χ0v) is 12.6. The van der Waals surface area contributed by atoms with Crippen LogP contribution in [-0.2, 0) is 14.6 Å². The molecule has 10 heteroatoms. The van der Waals surface area contributed by atoms with Crippen LogP contribution in [0.5, 0.6) is 0 Å². The molecule has 1 fully saturated rings. The lowest BCUT2D eigenvalue weighted by Crippen LogP contribution is -2.41. The number of hydrogen-bond acceptors (Lipinski definition) is 5. The Morgan fingerprint density at radius 3 is 2.09 bits per heavy atom. The van der Waals surface area contributed by atoms with Crippen molar-refractivity contribution in [3.8, 4) is 0 Å². The van der Waals surface area contributed by atoms with Gasteiger partial charge in [-0.1, -0.05) is 0 Å². The van der Waals surface area contributed by atoms with Crippen molar-refractivity contribution in [1.29, 1.82) is 5.41 Å². The number of carbonyl (C=O) groups is 1. The molecule has 0 aliphatic heterocycles. The molecule has 126 valence electrons. The lowest BCUT2D eigenvalue weighted by atomic mass is 9.94. The molecule has 0 amide bonds. The third kappa shape index (κ3) is 4.72. The zero-order chi connectivity index (χ0) is 17.1. The highest BCUT2D eigenvalue weighted by Gasteiger charge is 2.40. The first kappa shape index (κ1) is 18.5. The van der Waals surface area contributed by atoms with Gasteiger partial charge in [0.15, 0.2) is 0 Å². The van der Waals surface area contributed by atoms with E-state index < -0.39 is 44.5 Å². The average Bonchev–Trinajstić information content (AvgIpc) is 2.36. The molecule has 1 rings (SSSR count). The SMILES string of the molecule is CS(=O)(=O)[C@H]1CC[C@H](N/C(=C(\C=N)C(=O)O)C(F)(F)F)CC1. The van der Waals surface area contributed by atoms with E-state index in [2.05, 4.69) is 5.32 Å². The second-order valence-corrected chi connectivity index (χ2v) is 7.51. The summed E-state index contributed by atoms with van der Waals surface area (Å²) in [6.45, 7) is 0. The van der Waals surface area contributed by atoms with Crippen LogP contribution >= 0.6 is 0 Å². The van der Waals surface area contributed by atoms with Crippen molar-refractivity contribution in [2.45, 2.75) is 43.2 Å². The first-order chi connectivity index (χ1) is 9.96. The number of halogens is 3. The van der Waals surface area contributed by atoms with Gasteiger partial charge in [0.05, 0.1) is 5.25 Å². The molecule has 0 aromatic heterocycles. The van der Waals surface area contributed by atoms with Crippen molar-refractivity contribution in [1.82, 2.24) is 5.32 Å². The quantitative estimate of drug-likeness (QED) is 0.518. The number of hydrogen-bond donors (Lipinski definition) is 3. The number of aliphatic carboxylic acids is 1. The van der Waals surface area contributed by atoms with Gasteiger partial charge in [-0.2, -0.15) is 13.2 Å². The number of carboxylic acids is 1. The van der Waals surface area contributed by atoms with E-state index in [9.17, 15) is 26.4 Å². The van der Waals surface area contributed by atoms with Crippen LogP contribution in [0.1, 0.15) is 25.7 Å². The summed E-state index contributed by atoms with van der Waals surface area (Å²) in [5.74, 6) is -1.85. The summed E-state index contributed by atoms with van der Waals surface area (Å²) in [5.41, 5.74) is -2.64. The molecule has 22 heavy (non-hydrogen) atoms. The Hall–Kier alpha value is -1.58. The maximum absolute atomic E-state index is 13.0. The van der Waals surface area contributed by atoms with E-state index in [1.807, 2.05) is 0 Å². The number of rotatable bonds is 5. The maximum Gasteiger partial charge on any atom is 0.431 e. The highest BCUT2D eigenvalue weighted by atomic mass is 32.2. The Morgan fingerprint density at radius 1 is 1.27 bits per heavy atom. The number of sulfone groups is 1. The van der Waals surface area contributed by atoms with Gasteiger partial charge in [-0.05, 0) is 25.7 Å². The Balaban J connectivity index is 2.91. The predicted molar refractivity (Wildman–Crippen MR) is 73.5 cm³/mol. The molecule has 0 spiro atoms. The first-order valence-corrected chi connectivity index (χ1v) is 8.43. The Kier molecular flexibility index (Phi) is 5.60. The molecule has 0 atom stereocenters. The second-order valence-electron chi connectivity index (χ2n) is 5.18. The summed E-state index contributed by atoms with van der Waals surface area (Å²) in [4.78, 5) is 10.8. The topological polar surface area (TPSA) is 107 Å². The fraction of sp³-hybridized carbons (Fsp3) is 0.667. The minimum Gasteiger partial charge on any atom is -0.478 e. The van der Waals surface area contributed by atoms with Crippen LogP contribution in [-0.4, -0.2) is 49.4 Å². The van der Waals surface area contributed by atoms with Gasteiger partial charge in [-0.3, -0.25) is 0 Å². The molecular formula is C12H17F3N2O4S. The van der Waals surface area contributed by atoms with Crippen LogP contribution in [0.25, 0.3) is 0 Å². The molecule has 0 aromatic rings. The van der Waals surface area contributed by atoms with Crippen LogP contribution < -0.4 is 5.32 Å². The Labute approximate surface area is 125 Å². The predicted octanol–water partition coefficient (Wildman–Crippen LogP) is 1.48. The van der Waals surface area contributed by atoms with Crippen LogP contribution in [0.2, 0.25) is 0 Å². The fourth-order valence-corrected chi connectivity index (χ4v) is 3.52. The minimum absolute atomic E-state index is 0.139. The number of allylic oxidation sites excluding steroid dienone is 1. The van der Waals surface area contributed by atoms with E-state index >= 15 is 0 Å². The largest absolute Gasteiger partial charge is 0.478 e. The van der Waals surface area contributed by atoms with Gasteiger partial charge in [-0.25, -0.2) is 13.2 Å². The van der Waals surface area contributed by atoms with Gasteiger partial charge in [0.25, 0.3) is 0 Å². The van der Waals surface area contributed by atoms with Gasteiger partial charge in [0.2, 0.25) is 0 Å². The standard InChI is InChI=1S/C12H17F3N2O4S/c1-22(20,21)8-4-2-7(3-5-8)17-10(12(13,14)15)9(6-16)11(18)19/h6-8,16-17H,2-5H2,1H3,(H,18,19)/b10-9+,16-6?/t7-,8-. The van der Waals surface area contributed by atoms with Crippen LogP contribution in [0.3, 0.4) is 0 Å². The lowest BCUT2D eigenvalue weighted by Gasteiger charge is -2.30. The van der Waals surface area contributed by atoms with Crippen molar-refractivity contribution in [2.75, 3.05) is 6.26 Å². The van der Waals surface area contributed by atoms with Gasteiger partial charge in [-0.15, -0.1) is 0 Å². The summed E-state index contributed by atoms with van der Waals surface area (Å²) >= 11 is 0. The van der Waals surface area contributed by atoms with Gasteiger partial charge < -0.3 is 15.8 Å². The highest BCUT2D eigenvalue weighted by molar-refractivity contribution is 7.91. The zero-order valence-electron chi connectivity index (χ0n) is 11.8. The summed E-state index contributed by atoms with van der Waals surface area (Å²) in [6.07, 6.45) is -2.91. The Bertz CT molecular complexity index is 576. The molecule has 0 bridgehead atoms. The van der Waals surface area contributed by atoms with Crippen LogP contribution in [0.4, 0.5) is 13.2 Å². The van der Waals surface area contributed by atoms with E-state index in [1.54, 1.807) is 0 Å². The molecule has 0 saturated heterocycles. The molecule has 0 unspecified atom stereocenters. The molecule has 1 aliphatic carbocycles. The fourth-order valence-electron chi connectivity index (χ4n) is 2.39. The second kappa shape index (κ2) is 6.67. The van der Waals surface area contributed by atoms with Crippen molar-refractivity contribution in [3.05, 3.63) is 11.3 Å². The molecule has 0 aromatic carbocycles. The van der Waals surface area contributed by atoms with Gasteiger partial charge in [0, 0.05) is 18.5 Å². The van der Waals surface area contributed by atoms with E-state index in [1.165, 1.54) is 0 Å². The molecule has 0 heterocycles. The summed E-state index contributed by atoms with van der Waals surface area (Å²) < 4.78 is 61.7. The summed E-state index contributed by atoms with van der Waals surface area (Å²) in [7, 11) is -3.23. The van der Waals surface area contributed by atoms with Crippen molar-refractivity contribution in [2.24, 2.45) is 0 Å². The monoisotopic (exact) mass is 342 g/mol. The summed E-state index contributed by atoms with van der Waals surface area (Å²) in [5, 5.41) is 17.2. The molecule has 3 N–H and O–H groups in total. The van der Waals surface area contributed by atoms with Crippen molar-refractivity contribution < 1.29 is 31.5 Å². The summed E-state index contributed by atoms with van der Waals surface area (Å²) in [6, 6.07) is -0.677. The van der Waals surface area contributed by atoms with E-state index in [4.69, 9.17) is 10.5 Å². The van der Waals surface area contributed by atoms with E-state index in [-0.39, 0.29) is 31.9 Å². The first-order valence-electron chi connectivity index (χ1n) is 6.47. The van der Waals surface area contributed by atoms with Gasteiger partial charge >= 0.3 is 12.1 Å². The maximum atomic E-state index is 13.0. The number of alkyl halides is 3. The number of carboxylic acid groups (broad SMARTS) is 1. The van der Waals surface area contributed by atoms with Crippen LogP contribution in [0, 0.1) is 5.41 Å².